The SMILES string of the molecule is C=CCCCCn1c(=O)c(N2CCN(C(C)C)CC2)cc2cncnc21. The first kappa shape index (κ1) is 18.6. The van der Waals surface area contributed by atoms with Crippen LogP contribution < -0.4 is 10.5 Å². The molecule has 0 unspecified atom stereocenters. The minimum atomic E-state index is 0.0628. The summed E-state index contributed by atoms with van der Waals surface area (Å²) < 4.78 is 1.82. The molecule has 140 valence electrons. The van der Waals surface area contributed by atoms with Crippen molar-refractivity contribution >= 4 is 16.7 Å². The fraction of sp³-hybridized carbons (Fsp3) is 0.550. The van der Waals surface area contributed by atoms with Crippen molar-refractivity contribution in [1.29, 1.82) is 0 Å². The van der Waals surface area contributed by atoms with Crippen LogP contribution in [0.25, 0.3) is 11.0 Å². The van der Waals surface area contributed by atoms with Gasteiger partial charge in [-0.25, -0.2) is 9.97 Å². The third kappa shape index (κ3) is 3.96. The molecule has 2 aromatic rings. The Labute approximate surface area is 155 Å². The maximum atomic E-state index is 13.2. The van der Waals surface area contributed by atoms with E-state index >= 15 is 0 Å². The van der Waals surface area contributed by atoms with E-state index in [1.807, 2.05) is 16.7 Å². The molecule has 3 heterocycles. The summed E-state index contributed by atoms with van der Waals surface area (Å²) in [6.45, 7) is 12.6. The van der Waals surface area contributed by atoms with Crippen LogP contribution in [0.5, 0.6) is 0 Å². The number of hydrogen-bond donors (Lipinski definition) is 0. The van der Waals surface area contributed by atoms with Gasteiger partial charge in [0.05, 0.1) is 0 Å². The van der Waals surface area contributed by atoms with Gasteiger partial charge in [0, 0.05) is 50.3 Å². The molecular weight excluding hydrogens is 326 g/mol. The minimum Gasteiger partial charge on any atom is -0.364 e. The number of fused-ring (bicyclic) bond motifs is 1. The lowest BCUT2D eigenvalue weighted by Crippen LogP contribution is -2.50. The van der Waals surface area contributed by atoms with E-state index in [0.29, 0.717) is 12.6 Å². The molecule has 1 saturated heterocycles. The van der Waals surface area contributed by atoms with Crippen LogP contribution >= 0.6 is 0 Å². The van der Waals surface area contributed by atoms with Crippen molar-refractivity contribution in [2.45, 2.75) is 45.7 Å². The van der Waals surface area contributed by atoms with Crippen LogP contribution in [0.2, 0.25) is 0 Å². The summed E-state index contributed by atoms with van der Waals surface area (Å²) in [5.74, 6) is 0. The van der Waals surface area contributed by atoms with Crippen LogP contribution in [0.3, 0.4) is 0 Å². The van der Waals surface area contributed by atoms with Gasteiger partial charge in [-0.2, -0.15) is 0 Å². The highest BCUT2D eigenvalue weighted by Crippen LogP contribution is 2.19. The van der Waals surface area contributed by atoms with E-state index in [0.717, 1.165) is 62.2 Å². The second-order valence-corrected chi connectivity index (χ2v) is 7.19. The number of unbranched alkanes of at least 4 members (excludes halogenated alkanes) is 2. The Bertz CT molecular complexity index is 805. The molecular formula is C20H29N5O. The number of aromatic nitrogens is 3. The molecule has 3 rings (SSSR count). The number of nitrogens with zero attached hydrogens (tertiary/aromatic N) is 5. The first-order valence-corrected chi connectivity index (χ1v) is 9.55. The fourth-order valence-corrected chi connectivity index (χ4v) is 3.58. The fourth-order valence-electron chi connectivity index (χ4n) is 3.58. The third-order valence-electron chi connectivity index (χ3n) is 5.16. The number of rotatable bonds is 7. The van der Waals surface area contributed by atoms with Gasteiger partial charge in [0.25, 0.3) is 5.56 Å². The summed E-state index contributed by atoms with van der Waals surface area (Å²) in [5, 5.41) is 0.928. The van der Waals surface area contributed by atoms with Crippen molar-refractivity contribution in [2.24, 2.45) is 0 Å². The zero-order chi connectivity index (χ0) is 18.5. The number of piperazine rings is 1. The van der Waals surface area contributed by atoms with E-state index in [9.17, 15) is 4.79 Å². The Kier molecular flexibility index (Phi) is 6.04. The molecule has 1 aliphatic rings. The molecule has 0 atom stereocenters. The minimum absolute atomic E-state index is 0.0628. The maximum Gasteiger partial charge on any atom is 0.275 e. The number of aryl methyl sites for hydroxylation is 1. The molecule has 6 heteroatoms. The Morgan fingerprint density at radius 1 is 1.23 bits per heavy atom. The predicted octanol–water partition coefficient (Wildman–Crippen LogP) is 2.68. The smallest absolute Gasteiger partial charge is 0.275 e. The second kappa shape index (κ2) is 8.45. The lowest BCUT2D eigenvalue weighted by atomic mass is 10.2. The van der Waals surface area contributed by atoms with E-state index in [-0.39, 0.29) is 5.56 Å². The second-order valence-electron chi connectivity index (χ2n) is 7.19. The van der Waals surface area contributed by atoms with Crippen molar-refractivity contribution in [3.8, 4) is 0 Å². The quantitative estimate of drug-likeness (QED) is 0.565. The zero-order valence-electron chi connectivity index (χ0n) is 15.9. The van der Waals surface area contributed by atoms with Crippen molar-refractivity contribution in [1.82, 2.24) is 19.4 Å². The lowest BCUT2D eigenvalue weighted by molar-refractivity contribution is 0.209. The van der Waals surface area contributed by atoms with Crippen LogP contribution in [0.15, 0.2) is 36.0 Å². The van der Waals surface area contributed by atoms with Gasteiger partial charge in [0.2, 0.25) is 0 Å². The highest BCUT2D eigenvalue weighted by atomic mass is 16.1. The highest BCUT2D eigenvalue weighted by molar-refractivity contribution is 5.78. The van der Waals surface area contributed by atoms with E-state index in [1.54, 1.807) is 6.20 Å². The standard InChI is InChI=1S/C20H29N5O/c1-4-5-6-7-8-25-19-17(14-21-15-22-19)13-18(20(25)26)24-11-9-23(10-12-24)16(2)3/h4,13-16H,1,5-12H2,2-3H3. The summed E-state index contributed by atoms with van der Waals surface area (Å²) in [6, 6.07) is 2.51. The summed E-state index contributed by atoms with van der Waals surface area (Å²) in [7, 11) is 0. The van der Waals surface area contributed by atoms with Gasteiger partial charge in [-0.05, 0) is 39.2 Å². The van der Waals surface area contributed by atoms with Gasteiger partial charge in [-0.3, -0.25) is 14.3 Å². The zero-order valence-corrected chi connectivity index (χ0v) is 15.9. The van der Waals surface area contributed by atoms with Crippen LogP contribution in [0.4, 0.5) is 5.69 Å². The molecule has 0 amide bonds. The van der Waals surface area contributed by atoms with Gasteiger partial charge in [-0.1, -0.05) is 6.08 Å². The van der Waals surface area contributed by atoms with E-state index in [1.165, 1.54) is 6.33 Å². The maximum absolute atomic E-state index is 13.2. The van der Waals surface area contributed by atoms with Gasteiger partial charge >= 0.3 is 0 Å². The lowest BCUT2D eigenvalue weighted by Gasteiger charge is -2.37. The molecule has 1 aliphatic heterocycles. The summed E-state index contributed by atoms with van der Waals surface area (Å²) in [5.41, 5.74) is 1.57. The first-order chi connectivity index (χ1) is 12.6. The molecule has 0 aliphatic carbocycles. The monoisotopic (exact) mass is 355 g/mol. The van der Waals surface area contributed by atoms with E-state index in [4.69, 9.17) is 0 Å². The normalized spacial score (nSPS) is 15.7. The molecule has 0 aromatic carbocycles. The Morgan fingerprint density at radius 3 is 2.69 bits per heavy atom. The van der Waals surface area contributed by atoms with E-state index in [2.05, 4.69) is 40.2 Å². The van der Waals surface area contributed by atoms with Crippen LogP contribution in [-0.2, 0) is 6.54 Å². The van der Waals surface area contributed by atoms with Crippen molar-refractivity contribution in [3.63, 3.8) is 0 Å². The van der Waals surface area contributed by atoms with Gasteiger partial charge in [0.1, 0.15) is 17.7 Å². The number of hydrogen-bond acceptors (Lipinski definition) is 5. The number of allylic oxidation sites excluding steroid dienone is 1. The molecule has 26 heavy (non-hydrogen) atoms. The van der Waals surface area contributed by atoms with Crippen LogP contribution in [0.1, 0.15) is 33.1 Å². The Morgan fingerprint density at radius 2 is 2.00 bits per heavy atom. The third-order valence-corrected chi connectivity index (χ3v) is 5.16. The molecule has 0 N–H and O–H groups in total. The van der Waals surface area contributed by atoms with Gasteiger partial charge in [-0.15, -0.1) is 6.58 Å². The molecule has 0 saturated carbocycles. The average Bonchev–Trinajstić information content (AvgIpc) is 2.66. The van der Waals surface area contributed by atoms with Crippen LogP contribution in [0, 0.1) is 0 Å². The summed E-state index contributed by atoms with van der Waals surface area (Å²) in [6.07, 6.45) is 8.18. The van der Waals surface area contributed by atoms with Crippen LogP contribution in [-0.4, -0.2) is 51.7 Å². The van der Waals surface area contributed by atoms with Crippen molar-refractivity contribution < 1.29 is 0 Å². The topological polar surface area (TPSA) is 54.3 Å². The summed E-state index contributed by atoms with van der Waals surface area (Å²) in [4.78, 5) is 26.4. The Hall–Kier alpha value is -2.21. The Balaban J connectivity index is 1.90. The first-order valence-electron chi connectivity index (χ1n) is 9.55. The largest absolute Gasteiger partial charge is 0.364 e. The predicted molar refractivity (Wildman–Crippen MR) is 107 cm³/mol. The summed E-state index contributed by atoms with van der Waals surface area (Å²) >= 11 is 0. The van der Waals surface area contributed by atoms with E-state index < -0.39 is 0 Å². The number of pyridine rings is 1. The average molecular weight is 355 g/mol. The van der Waals surface area contributed by atoms with Gasteiger partial charge in [0.15, 0.2) is 0 Å². The molecule has 2 aromatic heterocycles. The molecule has 6 nitrogen and oxygen atoms in total. The highest BCUT2D eigenvalue weighted by Gasteiger charge is 2.22. The number of anilines is 1. The molecule has 0 radical (unpaired) electrons. The molecule has 0 spiro atoms. The van der Waals surface area contributed by atoms with Gasteiger partial charge < -0.3 is 4.90 Å². The van der Waals surface area contributed by atoms with Crippen molar-refractivity contribution in [2.75, 3.05) is 31.1 Å². The van der Waals surface area contributed by atoms with Crippen molar-refractivity contribution in [3.05, 3.63) is 41.6 Å². The molecule has 0 bridgehead atoms. The molecule has 1 fully saturated rings.